The average molecular weight is 676 g/mol. The number of aromatic nitrogens is 3. The summed E-state index contributed by atoms with van der Waals surface area (Å²) in [6.07, 6.45) is 0. The number of para-hydroxylation sites is 3. The Balaban J connectivity index is 1.35. The van der Waals surface area contributed by atoms with Crippen LogP contribution in [0.4, 0.5) is 0 Å². The smallest absolute Gasteiger partial charge is 0.0562 e. The standard InChI is InChI=1S/C50H33N3/c1-3-14-38(15-4-1)51-40-18-9-12-36(30-40)37-13-10-19-41(31-37)52(43-29-27-35-25-24-34-26-28-42(51)32-45(34)46(35)33-43)48-22-11-23-49-50(48)44-20-7-8-21-47(44)53(49)39-16-5-2-6-17-39/h1-33H. The molecule has 248 valence electrons. The van der Waals surface area contributed by atoms with Gasteiger partial charge >= 0.3 is 0 Å². The fraction of sp³-hybridized carbons (Fsp3) is 0. The van der Waals surface area contributed by atoms with Crippen molar-refractivity contribution in [3.05, 3.63) is 200 Å². The average Bonchev–Trinajstić information content (AvgIpc) is 3.57. The lowest BCUT2D eigenvalue weighted by Crippen LogP contribution is -1.99. The Morgan fingerprint density at radius 2 is 0.755 bits per heavy atom. The van der Waals surface area contributed by atoms with Gasteiger partial charge in [-0.2, -0.15) is 0 Å². The van der Waals surface area contributed by atoms with E-state index in [9.17, 15) is 0 Å². The zero-order chi connectivity index (χ0) is 34.9. The molecule has 0 saturated carbocycles. The minimum Gasteiger partial charge on any atom is -0.310 e. The van der Waals surface area contributed by atoms with Crippen molar-refractivity contribution in [2.45, 2.75) is 0 Å². The maximum Gasteiger partial charge on any atom is 0.0562 e. The molecule has 3 nitrogen and oxygen atoms in total. The predicted molar refractivity (Wildman–Crippen MR) is 225 cm³/mol. The molecule has 0 fully saturated rings. The topological polar surface area (TPSA) is 14.8 Å². The van der Waals surface area contributed by atoms with Crippen LogP contribution in [-0.4, -0.2) is 13.7 Å². The van der Waals surface area contributed by atoms with Crippen molar-refractivity contribution >= 4 is 76.2 Å². The first kappa shape index (κ1) is 29.6. The Hall–Kier alpha value is -7.10. The van der Waals surface area contributed by atoms with Crippen LogP contribution in [0, 0.1) is 0 Å². The summed E-state index contributed by atoms with van der Waals surface area (Å²) in [6.45, 7) is 0. The molecule has 53 heavy (non-hydrogen) atoms. The molecule has 0 aliphatic rings. The molecule has 0 aliphatic heterocycles. The van der Waals surface area contributed by atoms with Crippen LogP contribution >= 0.6 is 0 Å². The summed E-state index contributed by atoms with van der Waals surface area (Å²) < 4.78 is 7.23. The highest BCUT2D eigenvalue weighted by Crippen LogP contribution is 2.38. The molecular formula is C50H33N3. The molecule has 0 saturated heterocycles. The van der Waals surface area contributed by atoms with E-state index in [1.807, 2.05) is 0 Å². The van der Waals surface area contributed by atoms with Gasteiger partial charge in [-0.1, -0.05) is 109 Å². The van der Waals surface area contributed by atoms with Gasteiger partial charge in [0.05, 0.1) is 16.7 Å². The lowest BCUT2D eigenvalue weighted by Gasteiger charge is -2.16. The van der Waals surface area contributed by atoms with Crippen LogP contribution in [0.2, 0.25) is 0 Å². The number of hydrogen-bond acceptors (Lipinski definition) is 0. The molecule has 0 atom stereocenters. The summed E-state index contributed by atoms with van der Waals surface area (Å²) in [6, 6.07) is 73.2. The minimum atomic E-state index is 1.11. The number of rotatable bonds is 3. The normalized spacial score (nSPS) is 11.8. The first-order valence-electron chi connectivity index (χ1n) is 18.2. The Bertz CT molecular complexity index is 3270. The Morgan fingerprint density at radius 1 is 0.264 bits per heavy atom. The van der Waals surface area contributed by atoms with Crippen molar-refractivity contribution in [3.8, 4) is 17.1 Å². The van der Waals surface area contributed by atoms with Crippen molar-refractivity contribution in [2.75, 3.05) is 0 Å². The predicted octanol–water partition coefficient (Wildman–Crippen LogP) is 13.3. The van der Waals surface area contributed by atoms with E-state index < -0.39 is 0 Å². The molecule has 9 aromatic carbocycles. The van der Waals surface area contributed by atoms with Gasteiger partial charge in [0.25, 0.3) is 0 Å². The van der Waals surface area contributed by atoms with Gasteiger partial charge in [-0.05, 0) is 123 Å². The highest BCUT2D eigenvalue weighted by Gasteiger charge is 2.17. The molecule has 0 spiro atoms. The zero-order valence-electron chi connectivity index (χ0n) is 28.9. The van der Waals surface area contributed by atoms with Crippen LogP contribution in [-0.2, 0) is 0 Å². The van der Waals surface area contributed by atoms with Crippen molar-refractivity contribution in [1.29, 1.82) is 0 Å². The van der Waals surface area contributed by atoms with E-state index in [1.165, 1.54) is 43.4 Å². The molecule has 0 unspecified atom stereocenters. The summed E-state index contributed by atoms with van der Waals surface area (Å²) in [5.74, 6) is 0. The molecule has 0 radical (unpaired) electrons. The summed E-state index contributed by atoms with van der Waals surface area (Å²) in [4.78, 5) is 0. The van der Waals surface area contributed by atoms with Crippen LogP contribution < -0.4 is 0 Å². The summed E-state index contributed by atoms with van der Waals surface area (Å²) >= 11 is 0. The maximum atomic E-state index is 2.46. The van der Waals surface area contributed by atoms with Gasteiger partial charge in [0.2, 0.25) is 0 Å². The highest BCUT2D eigenvalue weighted by molar-refractivity contribution is 6.14. The molecule has 8 bridgehead atoms. The lowest BCUT2D eigenvalue weighted by molar-refractivity contribution is 1.16. The molecular weight excluding hydrogens is 643 g/mol. The van der Waals surface area contributed by atoms with E-state index in [1.54, 1.807) is 0 Å². The number of hydrogen-bond donors (Lipinski definition) is 0. The zero-order valence-corrected chi connectivity index (χ0v) is 28.9. The van der Waals surface area contributed by atoms with Crippen molar-refractivity contribution in [2.24, 2.45) is 0 Å². The quantitative estimate of drug-likeness (QED) is 0.166. The Kier molecular flexibility index (Phi) is 6.55. The molecule has 0 N–H and O–H groups in total. The van der Waals surface area contributed by atoms with Crippen LogP contribution in [0.1, 0.15) is 0 Å². The first-order valence-corrected chi connectivity index (χ1v) is 18.2. The van der Waals surface area contributed by atoms with Gasteiger partial charge in [0.15, 0.2) is 0 Å². The lowest BCUT2D eigenvalue weighted by atomic mass is 10.0. The highest BCUT2D eigenvalue weighted by atomic mass is 15.0. The van der Waals surface area contributed by atoms with Gasteiger partial charge < -0.3 is 13.7 Å². The second-order valence-corrected chi connectivity index (χ2v) is 13.8. The first-order chi connectivity index (χ1) is 26.3. The van der Waals surface area contributed by atoms with Gasteiger partial charge in [-0.25, -0.2) is 0 Å². The monoisotopic (exact) mass is 675 g/mol. The van der Waals surface area contributed by atoms with Crippen LogP contribution in [0.5, 0.6) is 0 Å². The molecule has 0 aliphatic carbocycles. The van der Waals surface area contributed by atoms with Gasteiger partial charge in [-0.15, -0.1) is 0 Å². The molecule has 11 rings (SSSR count). The van der Waals surface area contributed by atoms with Crippen LogP contribution in [0.25, 0.3) is 93.3 Å². The third kappa shape index (κ3) is 4.68. The van der Waals surface area contributed by atoms with Crippen molar-refractivity contribution in [1.82, 2.24) is 13.7 Å². The Labute approximate surface area is 306 Å². The second kappa shape index (κ2) is 11.7. The van der Waals surface area contributed by atoms with E-state index >= 15 is 0 Å². The molecule has 0 amide bonds. The Morgan fingerprint density at radius 3 is 1.42 bits per heavy atom. The minimum absolute atomic E-state index is 1.11. The molecule has 3 heteroatoms. The van der Waals surface area contributed by atoms with E-state index in [-0.39, 0.29) is 0 Å². The van der Waals surface area contributed by atoms with Crippen molar-refractivity contribution < 1.29 is 0 Å². The number of fused-ring (bicyclic) bond motifs is 10. The van der Waals surface area contributed by atoms with Gasteiger partial charge in [-0.3, -0.25) is 0 Å². The van der Waals surface area contributed by atoms with Gasteiger partial charge in [0.1, 0.15) is 0 Å². The fourth-order valence-corrected chi connectivity index (χ4v) is 8.45. The van der Waals surface area contributed by atoms with Crippen molar-refractivity contribution in [3.63, 3.8) is 0 Å². The third-order valence-corrected chi connectivity index (χ3v) is 10.8. The summed E-state index contributed by atoms with van der Waals surface area (Å²) in [7, 11) is 0. The largest absolute Gasteiger partial charge is 0.310 e. The fourth-order valence-electron chi connectivity index (χ4n) is 8.45. The molecule has 11 aromatic rings. The summed E-state index contributed by atoms with van der Waals surface area (Å²) in [5.41, 5.74) is 10.2. The molecule has 2 heterocycles. The number of nitrogens with zero attached hydrogens (tertiary/aromatic N) is 3. The van der Waals surface area contributed by atoms with Gasteiger partial charge in [0, 0.05) is 44.2 Å². The number of benzene rings is 9. The van der Waals surface area contributed by atoms with E-state index in [2.05, 4.69) is 214 Å². The second-order valence-electron chi connectivity index (χ2n) is 13.8. The van der Waals surface area contributed by atoms with E-state index in [0.717, 1.165) is 49.9 Å². The molecule has 2 aromatic heterocycles. The SMILES string of the molecule is c1ccc(-n2c3cccc(c3)c3cccc(c3)n(-c3cccc4c3c3ccccc3n4-c3ccccc3)c3ccc4ccc5ccc2cc5c4c3)cc1. The summed E-state index contributed by atoms with van der Waals surface area (Å²) in [5, 5.41) is 9.65. The van der Waals surface area contributed by atoms with E-state index in [4.69, 9.17) is 0 Å². The van der Waals surface area contributed by atoms with Crippen LogP contribution in [0.15, 0.2) is 200 Å². The maximum absolute atomic E-state index is 2.46. The third-order valence-electron chi connectivity index (χ3n) is 10.8. The van der Waals surface area contributed by atoms with Crippen LogP contribution in [0.3, 0.4) is 0 Å². The van der Waals surface area contributed by atoms with E-state index in [0.29, 0.717) is 0 Å².